The second-order valence-corrected chi connectivity index (χ2v) is 7.89. The molecule has 0 unspecified atom stereocenters. The summed E-state index contributed by atoms with van der Waals surface area (Å²) in [6, 6.07) is 25.6. The fourth-order valence-corrected chi connectivity index (χ4v) is 4.35. The molecule has 1 heterocycles. The zero-order valence-corrected chi connectivity index (χ0v) is 14.9. The monoisotopic (exact) mass is 379 g/mol. The van der Waals surface area contributed by atoms with Gasteiger partial charge >= 0.3 is 147 Å². The summed E-state index contributed by atoms with van der Waals surface area (Å²) < 4.78 is 3.33. The van der Waals surface area contributed by atoms with Gasteiger partial charge in [0.05, 0.1) is 0 Å². The van der Waals surface area contributed by atoms with Gasteiger partial charge in [-0.2, -0.15) is 0 Å². The molecule has 24 heavy (non-hydrogen) atoms. The molecule has 0 bridgehead atoms. The number of hydrogen-bond acceptors (Lipinski definition) is 2. The van der Waals surface area contributed by atoms with Crippen molar-refractivity contribution in [2.45, 2.75) is 11.9 Å². The predicted octanol–water partition coefficient (Wildman–Crippen LogP) is 3.01. The summed E-state index contributed by atoms with van der Waals surface area (Å²) in [5.74, 6) is 0. The Labute approximate surface area is 147 Å². The van der Waals surface area contributed by atoms with Crippen LogP contribution in [-0.4, -0.2) is 30.0 Å². The van der Waals surface area contributed by atoms with Crippen molar-refractivity contribution >= 4 is 30.2 Å². The van der Waals surface area contributed by atoms with E-state index in [9.17, 15) is 0 Å². The van der Waals surface area contributed by atoms with E-state index in [0.29, 0.717) is 15.0 Å². The molecule has 0 aliphatic carbocycles. The van der Waals surface area contributed by atoms with Gasteiger partial charge < -0.3 is 0 Å². The van der Waals surface area contributed by atoms with Crippen molar-refractivity contribution in [3.05, 3.63) is 90.3 Å². The molecule has 0 amide bonds. The summed E-state index contributed by atoms with van der Waals surface area (Å²) in [5.41, 5.74) is 2.32. The molecule has 0 spiro atoms. The molecule has 0 N–H and O–H groups in total. The van der Waals surface area contributed by atoms with Crippen molar-refractivity contribution in [3.63, 3.8) is 0 Å². The van der Waals surface area contributed by atoms with Gasteiger partial charge in [-0.3, -0.25) is 0 Å². The average molecular weight is 378 g/mol. The molecule has 1 aromatic heterocycles. The first-order valence-corrected chi connectivity index (χ1v) is 9.98. The van der Waals surface area contributed by atoms with E-state index in [0.717, 1.165) is 17.6 Å². The molecule has 4 heteroatoms. The van der Waals surface area contributed by atoms with Crippen LogP contribution in [0, 0.1) is 0 Å². The van der Waals surface area contributed by atoms with Gasteiger partial charge in [-0.1, -0.05) is 0 Å². The van der Waals surface area contributed by atoms with E-state index in [-0.39, 0.29) is 0 Å². The van der Waals surface area contributed by atoms with Crippen LogP contribution in [0.25, 0.3) is 10.8 Å². The number of rotatable bonds is 5. The molecule has 0 aliphatic rings. The molecule has 0 atom stereocenters. The summed E-state index contributed by atoms with van der Waals surface area (Å²) in [6.45, 7) is 0.760. The Morgan fingerprint density at radius 2 is 1.62 bits per heavy atom. The van der Waals surface area contributed by atoms with E-state index in [4.69, 9.17) is 0 Å². The quantitative estimate of drug-likeness (QED) is 0.500. The molecule has 0 radical (unpaired) electrons. The van der Waals surface area contributed by atoms with E-state index >= 15 is 0 Å². The minimum absolute atomic E-state index is 0.408. The van der Waals surface area contributed by atoms with Gasteiger partial charge in [0.15, 0.2) is 0 Å². The van der Waals surface area contributed by atoms with Crippen molar-refractivity contribution in [1.82, 2.24) is 15.0 Å². The topological polar surface area (TPSA) is 30.7 Å². The van der Waals surface area contributed by atoms with Crippen LogP contribution in [0.4, 0.5) is 0 Å². The Bertz CT molecular complexity index is 947. The van der Waals surface area contributed by atoms with Crippen molar-refractivity contribution in [2.75, 3.05) is 0 Å². The van der Waals surface area contributed by atoms with Crippen LogP contribution < -0.4 is 4.46 Å². The second kappa shape index (κ2) is 7.00. The fourth-order valence-electron chi connectivity index (χ4n) is 2.68. The minimum atomic E-state index is 0.408. The van der Waals surface area contributed by atoms with Gasteiger partial charge in [-0.15, -0.1) is 0 Å². The van der Waals surface area contributed by atoms with Crippen LogP contribution in [-0.2, 0) is 11.9 Å². The number of benzene rings is 3. The third-order valence-corrected chi connectivity index (χ3v) is 6.07. The molecule has 0 fully saturated rings. The number of aromatic nitrogens is 3. The van der Waals surface area contributed by atoms with Gasteiger partial charge in [0, 0.05) is 0 Å². The molecular weight excluding hydrogens is 361 g/mol. The van der Waals surface area contributed by atoms with Crippen molar-refractivity contribution in [1.29, 1.82) is 0 Å². The average Bonchev–Trinajstić information content (AvgIpc) is 3.08. The number of fused-ring (bicyclic) bond motifs is 1. The van der Waals surface area contributed by atoms with Crippen molar-refractivity contribution in [2.24, 2.45) is 0 Å². The van der Waals surface area contributed by atoms with Gasteiger partial charge in [0.1, 0.15) is 0 Å². The maximum atomic E-state index is 4.32. The van der Waals surface area contributed by atoms with Gasteiger partial charge in [-0.05, 0) is 0 Å². The van der Waals surface area contributed by atoms with Gasteiger partial charge in [-0.25, -0.2) is 0 Å². The molecule has 4 aromatic rings. The SMILES string of the molecule is c1ccc([Se]Cc2cn(Cc3ccc4ccccc4c3)nn2)cc1. The van der Waals surface area contributed by atoms with Crippen LogP contribution in [0.1, 0.15) is 11.3 Å². The first-order chi connectivity index (χ1) is 11.9. The summed E-state index contributed by atoms with van der Waals surface area (Å²) in [5, 5.41) is 12.1. The molecule has 118 valence electrons. The Hall–Kier alpha value is -2.42. The Balaban J connectivity index is 1.44. The summed E-state index contributed by atoms with van der Waals surface area (Å²) >= 11 is 0.408. The summed E-state index contributed by atoms with van der Waals surface area (Å²) in [7, 11) is 0. The van der Waals surface area contributed by atoms with Crippen LogP contribution >= 0.6 is 0 Å². The number of hydrogen-bond donors (Lipinski definition) is 0. The first-order valence-electron chi connectivity index (χ1n) is 7.91. The third kappa shape index (κ3) is 3.56. The van der Waals surface area contributed by atoms with Crippen LogP contribution in [0.2, 0.25) is 0 Å². The first kappa shape index (κ1) is 15.1. The van der Waals surface area contributed by atoms with Crippen molar-refractivity contribution in [3.8, 4) is 0 Å². The standard InChI is InChI=1S/C20H17N3Se/c1-2-8-20(9-3-1)24-15-19-14-23(22-21-19)13-16-10-11-17-6-4-5-7-18(17)12-16/h1-12,14H,13,15H2. The van der Waals surface area contributed by atoms with Crippen LogP contribution in [0.3, 0.4) is 0 Å². The second-order valence-electron chi connectivity index (χ2n) is 5.69. The van der Waals surface area contributed by atoms with Gasteiger partial charge in [0.2, 0.25) is 0 Å². The van der Waals surface area contributed by atoms with E-state index < -0.39 is 0 Å². The zero-order valence-electron chi connectivity index (χ0n) is 13.2. The Kier molecular flexibility index (Phi) is 4.41. The fraction of sp³-hybridized carbons (Fsp3) is 0.100. The zero-order chi connectivity index (χ0) is 16.2. The molecular formula is C20H17N3Se. The van der Waals surface area contributed by atoms with E-state index in [1.165, 1.54) is 20.8 Å². The maximum absolute atomic E-state index is 4.32. The predicted molar refractivity (Wildman–Crippen MR) is 98.6 cm³/mol. The molecule has 0 aliphatic heterocycles. The van der Waals surface area contributed by atoms with Crippen LogP contribution in [0.5, 0.6) is 0 Å². The molecule has 0 saturated heterocycles. The van der Waals surface area contributed by atoms with Crippen molar-refractivity contribution < 1.29 is 0 Å². The van der Waals surface area contributed by atoms with E-state index in [2.05, 4.69) is 89.3 Å². The van der Waals surface area contributed by atoms with Crippen LogP contribution in [0.15, 0.2) is 79.0 Å². The van der Waals surface area contributed by atoms with E-state index in [1.807, 2.05) is 4.68 Å². The van der Waals surface area contributed by atoms with E-state index in [1.54, 1.807) is 0 Å². The Morgan fingerprint density at radius 1 is 0.833 bits per heavy atom. The third-order valence-electron chi connectivity index (χ3n) is 3.87. The normalized spacial score (nSPS) is 11.0. The molecule has 0 saturated carbocycles. The molecule has 3 nitrogen and oxygen atoms in total. The summed E-state index contributed by atoms with van der Waals surface area (Å²) in [6.07, 6.45) is 2.07. The summed E-state index contributed by atoms with van der Waals surface area (Å²) in [4.78, 5) is 0. The molecule has 3 aromatic carbocycles. The number of nitrogens with zero attached hydrogens (tertiary/aromatic N) is 3. The molecule has 4 rings (SSSR count). The van der Waals surface area contributed by atoms with Gasteiger partial charge in [0.25, 0.3) is 0 Å². The Morgan fingerprint density at radius 3 is 2.50 bits per heavy atom.